The lowest BCUT2D eigenvalue weighted by molar-refractivity contribution is 0.0652. The molecule has 7 nitrogen and oxygen atoms in total. The molecular formula is C30H41F2N5O2Si. The number of rotatable bonds is 8. The number of nitrogens with one attached hydrogen (secondary N) is 1. The van der Waals surface area contributed by atoms with Gasteiger partial charge in [0.25, 0.3) is 0 Å². The lowest BCUT2D eigenvalue weighted by Gasteiger charge is -2.48. The van der Waals surface area contributed by atoms with Gasteiger partial charge in [0.2, 0.25) is 0 Å². The molecule has 1 spiro atoms. The average Bonchev–Trinajstić information content (AvgIpc) is 3.42. The summed E-state index contributed by atoms with van der Waals surface area (Å²) in [5.41, 5.74) is 1.67. The minimum absolute atomic E-state index is 0.154. The van der Waals surface area contributed by atoms with Crippen molar-refractivity contribution in [3.05, 3.63) is 59.4 Å². The molecule has 3 heterocycles. The molecule has 0 unspecified atom stereocenters. The summed E-state index contributed by atoms with van der Waals surface area (Å²) in [5.74, 6) is -0.475. The molecule has 2 fully saturated rings. The number of ether oxygens (including phenoxy) is 1. The van der Waals surface area contributed by atoms with Crippen molar-refractivity contribution >= 4 is 30.8 Å². The number of nitrogens with zero attached hydrogens (tertiary/aromatic N) is 4. The summed E-state index contributed by atoms with van der Waals surface area (Å²) < 4.78 is 36.3. The van der Waals surface area contributed by atoms with Gasteiger partial charge in [-0.05, 0) is 76.5 Å². The monoisotopic (exact) mass is 569 g/mol. The van der Waals surface area contributed by atoms with E-state index < -0.39 is 30.8 Å². The normalized spacial score (nSPS) is 23.5. The van der Waals surface area contributed by atoms with E-state index in [1.54, 1.807) is 4.90 Å². The van der Waals surface area contributed by atoms with Gasteiger partial charge in [-0.2, -0.15) is 0 Å². The van der Waals surface area contributed by atoms with Gasteiger partial charge in [-0.15, -0.1) is 0 Å². The van der Waals surface area contributed by atoms with E-state index in [1.807, 2.05) is 33.4 Å². The van der Waals surface area contributed by atoms with Crippen molar-refractivity contribution in [1.29, 1.82) is 0 Å². The predicted octanol–water partition coefficient (Wildman–Crippen LogP) is 6.23. The largest absolute Gasteiger partial charge is 0.361 e. The van der Waals surface area contributed by atoms with Gasteiger partial charge in [0.1, 0.15) is 24.2 Å². The van der Waals surface area contributed by atoms with Crippen molar-refractivity contribution in [2.45, 2.75) is 76.1 Å². The first kappa shape index (κ1) is 28.7. The molecule has 216 valence electrons. The molecule has 1 saturated carbocycles. The first-order chi connectivity index (χ1) is 18.8. The molecule has 2 aromatic heterocycles. The van der Waals surface area contributed by atoms with Gasteiger partial charge in [-0.25, -0.2) is 18.6 Å². The van der Waals surface area contributed by atoms with Crippen LogP contribution < -0.4 is 10.2 Å². The molecule has 1 aliphatic heterocycles. The minimum Gasteiger partial charge on any atom is -0.361 e. The number of hydrogen-bond donors (Lipinski definition) is 1. The lowest BCUT2D eigenvalue weighted by atomic mass is 9.69. The first-order valence-electron chi connectivity index (χ1n) is 14.1. The molecular weight excluding hydrogens is 528 g/mol. The number of aromatic nitrogens is 2. The smallest absolute Gasteiger partial charge is 0.323 e. The van der Waals surface area contributed by atoms with Crippen molar-refractivity contribution in [3.8, 4) is 0 Å². The molecule has 1 N–H and O–H groups in total. The molecule has 3 aromatic rings. The Kier molecular flexibility index (Phi) is 7.56. The van der Waals surface area contributed by atoms with Crippen LogP contribution in [-0.4, -0.2) is 61.3 Å². The minimum atomic E-state index is -1.15. The molecule has 0 radical (unpaired) electrons. The van der Waals surface area contributed by atoms with Crippen molar-refractivity contribution in [3.63, 3.8) is 0 Å². The van der Waals surface area contributed by atoms with E-state index in [0.717, 1.165) is 35.2 Å². The van der Waals surface area contributed by atoms with Gasteiger partial charge in [0.15, 0.2) is 0 Å². The molecule has 5 rings (SSSR count). The zero-order valence-electron chi connectivity index (χ0n) is 24.5. The SMILES string of the molecule is Cc1c(N2CC3(CCC(c4cc(F)cc(F)c4)(N(C)C)CC3)NC2=O)ncc2c1ccn2COCC[Si](C)(C)C. The Morgan fingerprint density at radius 2 is 1.77 bits per heavy atom. The van der Waals surface area contributed by atoms with Crippen LogP contribution in [0.3, 0.4) is 0 Å². The van der Waals surface area contributed by atoms with Crippen molar-refractivity contribution in [2.75, 3.05) is 32.1 Å². The number of benzene rings is 1. The van der Waals surface area contributed by atoms with Crippen LogP contribution in [0.1, 0.15) is 36.8 Å². The number of urea groups is 1. The van der Waals surface area contributed by atoms with Crippen LogP contribution in [0.25, 0.3) is 10.9 Å². The van der Waals surface area contributed by atoms with Crippen LogP contribution in [0.2, 0.25) is 25.7 Å². The van der Waals surface area contributed by atoms with Gasteiger partial charge in [0.05, 0.1) is 23.8 Å². The standard InChI is InChI=1S/C30H41F2N5O2Si/c1-21-25-7-12-36(20-39-13-14-40(4,5)6)26(25)18-33-27(21)37-19-29(34-28(37)38)8-10-30(11-9-29,35(2)3)22-15-23(31)17-24(32)16-22/h7,12,15-18H,8-11,13-14,19-20H2,1-6H3,(H,34,38). The highest BCUT2D eigenvalue weighted by molar-refractivity contribution is 6.76. The predicted molar refractivity (Wildman–Crippen MR) is 157 cm³/mol. The second kappa shape index (κ2) is 10.5. The zero-order chi connectivity index (χ0) is 28.9. The number of pyridine rings is 1. The van der Waals surface area contributed by atoms with Gasteiger partial charge in [0, 0.05) is 43.4 Å². The summed E-state index contributed by atoms with van der Waals surface area (Å²) in [6, 6.07) is 6.81. The van der Waals surface area contributed by atoms with E-state index in [-0.39, 0.29) is 6.03 Å². The van der Waals surface area contributed by atoms with Crippen LogP contribution in [-0.2, 0) is 17.0 Å². The van der Waals surface area contributed by atoms with Crippen molar-refractivity contribution < 1.29 is 18.3 Å². The number of hydrogen-bond acceptors (Lipinski definition) is 4. The maximum absolute atomic E-state index is 14.1. The highest BCUT2D eigenvalue weighted by Gasteiger charge is 2.51. The summed E-state index contributed by atoms with van der Waals surface area (Å²) in [6.45, 7) is 10.8. The Balaban J connectivity index is 1.32. The van der Waals surface area contributed by atoms with E-state index in [0.29, 0.717) is 50.3 Å². The van der Waals surface area contributed by atoms with Gasteiger partial charge >= 0.3 is 6.03 Å². The van der Waals surface area contributed by atoms with Crippen molar-refractivity contribution in [2.24, 2.45) is 0 Å². The highest BCUT2D eigenvalue weighted by atomic mass is 28.3. The highest BCUT2D eigenvalue weighted by Crippen LogP contribution is 2.47. The number of carbonyl (C=O) groups excluding carboxylic acids is 1. The summed E-state index contributed by atoms with van der Waals surface area (Å²) in [6.07, 6.45) is 6.57. The fraction of sp³-hybridized carbons (Fsp3) is 0.533. The molecule has 40 heavy (non-hydrogen) atoms. The third-order valence-corrected chi connectivity index (χ3v) is 10.6. The number of amides is 2. The average molecular weight is 570 g/mol. The van der Waals surface area contributed by atoms with Crippen LogP contribution in [0, 0.1) is 18.6 Å². The van der Waals surface area contributed by atoms with Gasteiger partial charge < -0.3 is 14.6 Å². The lowest BCUT2D eigenvalue weighted by Crippen LogP contribution is -2.54. The summed E-state index contributed by atoms with van der Waals surface area (Å²) in [7, 11) is 2.76. The zero-order valence-corrected chi connectivity index (χ0v) is 25.5. The number of fused-ring (bicyclic) bond motifs is 1. The van der Waals surface area contributed by atoms with Crippen LogP contribution in [0.15, 0.2) is 36.7 Å². The quantitative estimate of drug-likeness (QED) is 0.258. The summed E-state index contributed by atoms with van der Waals surface area (Å²) >= 11 is 0. The van der Waals surface area contributed by atoms with E-state index in [1.165, 1.54) is 12.1 Å². The Labute approximate surface area is 236 Å². The number of carbonyl (C=O) groups is 1. The number of aryl methyl sites for hydroxylation is 1. The second-order valence-corrected chi connectivity index (χ2v) is 18.6. The maximum Gasteiger partial charge on any atom is 0.323 e. The number of anilines is 1. The third-order valence-electron chi connectivity index (χ3n) is 8.91. The Bertz CT molecular complexity index is 1390. The molecule has 0 atom stereocenters. The fourth-order valence-electron chi connectivity index (χ4n) is 6.33. The fourth-order valence-corrected chi connectivity index (χ4v) is 7.09. The summed E-state index contributed by atoms with van der Waals surface area (Å²) in [5, 5.41) is 4.31. The molecule has 2 amide bonds. The molecule has 1 aliphatic carbocycles. The molecule has 1 saturated heterocycles. The Hall–Kier alpha value is -2.82. The van der Waals surface area contributed by atoms with Gasteiger partial charge in [-0.3, -0.25) is 9.80 Å². The van der Waals surface area contributed by atoms with Gasteiger partial charge in [-0.1, -0.05) is 19.6 Å². The van der Waals surface area contributed by atoms with Crippen LogP contribution >= 0.6 is 0 Å². The molecule has 2 aliphatic rings. The number of halogens is 2. The molecule has 0 bridgehead atoms. The van der Waals surface area contributed by atoms with Crippen molar-refractivity contribution in [1.82, 2.24) is 19.8 Å². The second-order valence-electron chi connectivity index (χ2n) is 13.0. The topological polar surface area (TPSA) is 62.6 Å². The van der Waals surface area contributed by atoms with E-state index in [9.17, 15) is 13.6 Å². The Morgan fingerprint density at radius 3 is 2.40 bits per heavy atom. The maximum atomic E-state index is 14.1. The van der Waals surface area contributed by atoms with Crippen LogP contribution in [0.5, 0.6) is 0 Å². The molecule has 10 heteroatoms. The Morgan fingerprint density at radius 1 is 1.10 bits per heavy atom. The van der Waals surface area contributed by atoms with E-state index >= 15 is 0 Å². The van der Waals surface area contributed by atoms with Crippen LogP contribution in [0.4, 0.5) is 19.4 Å². The molecule has 1 aromatic carbocycles. The van der Waals surface area contributed by atoms with E-state index in [2.05, 4.69) is 40.5 Å². The first-order valence-corrected chi connectivity index (χ1v) is 17.8. The third kappa shape index (κ3) is 5.41. The summed E-state index contributed by atoms with van der Waals surface area (Å²) in [4.78, 5) is 21.8. The van der Waals surface area contributed by atoms with E-state index in [4.69, 9.17) is 9.72 Å².